The lowest BCUT2D eigenvalue weighted by Gasteiger charge is -2.05. The third-order valence-electron chi connectivity index (χ3n) is 2.31. The van der Waals surface area contributed by atoms with Crippen LogP contribution in [0.15, 0.2) is 24.3 Å². The molecule has 19 heavy (non-hydrogen) atoms. The van der Waals surface area contributed by atoms with Gasteiger partial charge < -0.3 is 10.4 Å². The van der Waals surface area contributed by atoms with E-state index in [4.69, 9.17) is 5.11 Å². The number of halogens is 1. The molecule has 0 bridgehead atoms. The van der Waals surface area contributed by atoms with Gasteiger partial charge in [-0.2, -0.15) is 11.8 Å². The molecule has 0 aliphatic rings. The lowest BCUT2D eigenvalue weighted by molar-refractivity contribution is -0.137. The van der Waals surface area contributed by atoms with Crippen molar-refractivity contribution in [3.8, 4) is 0 Å². The van der Waals surface area contributed by atoms with Gasteiger partial charge in [0.2, 0.25) is 5.91 Å². The van der Waals surface area contributed by atoms with E-state index in [0.29, 0.717) is 6.42 Å². The van der Waals surface area contributed by atoms with Crippen LogP contribution in [0.2, 0.25) is 0 Å². The molecule has 0 saturated carbocycles. The van der Waals surface area contributed by atoms with Gasteiger partial charge in [-0.05, 0) is 30.7 Å². The van der Waals surface area contributed by atoms with Crippen molar-refractivity contribution < 1.29 is 19.1 Å². The van der Waals surface area contributed by atoms with Crippen LogP contribution in [-0.4, -0.2) is 28.5 Å². The lowest BCUT2D eigenvalue weighted by atomic mass is 10.3. The minimum absolute atomic E-state index is 0.155. The number of hydrogen-bond donors (Lipinski definition) is 2. The zero-order valence-corrected chi connectivity index (χ0v) is 11.2. The van der Waals surface area contributed by atoms with Gasteiger partial charge >= 0.3 is 5.97 Å². The van der Waals surface area contributed by atoms with Gasteiger partial charge in [0.25, 0.3) is 0 Å². The van der Waals surface area contributed by atoms with Crippen molar-refractivity contribution in [2.75, 3.05) is 16.8 Å². The number of carbonyl (C=O) groups excluding carboxylic acids is 1. The van der Waals surface area contributed by atoms with E-state index in [2.05, 4.69) is 5.32 Å². The van der Waals surface area contributed by atoms with Crippen LogP contribution in [0.4, 0.5) is 10.1 Å². The number of anilines is 1. The first-order valence-electron chi connectivity index (χ1n) is 5.93. The zero-order valence-electron chi connectivity index (χ0n) is 10.4. The predicted molar refractivity (Wildman–Crippen MR) is 73.8 cm³/mol. The van der Waals surface area contributed by atoms with Crippen LogP contribution < -0.4 is 5.32 Å². The van der Waals surface area contributed by atoms with Gasteiger partial charge in [0, 0.05) is 6.42 Å². The number of hydrogen-bond acceptors (Lipinski definition) is 3. The number of aliphatic carboxylic acids is 1. The van der Waals surface area contributed by atoms with Crippen molar-refractivity contribution >= 4 is 29.3 Å². The molecule has 0 unspecified atom stereocenters. The van der Waals surface area contributed by atoms with Crippen LogP contribution >= 0.6 is 11.8 Å². The van der Waals surface area contributed by atoms with Gasteiger partial charge in [-0.25, -0.2) is 4.39 Å². The Labute approximate surface area is 115 Å². The van der Waals surface area contributed by atoms with Gasteiger partial charge in [0.05, 0.1) is 11.4 Å². The first-order chi connectivity index (χ1) is 9.09. The molecule has 2 N–H and O–H groups in total. The average Bonchev–Trinajstić information content (AvgIpc) is 2.36. The van der Waals surface area contributed by atoms with E-state index in [0.717, 1.165) is 12.2 Å². The standard InChI is InChI=1S/C13H16FNO3S/c14-10-5-1-2-6-11(10)15-12(16)9-19-8-4-3-7-13(17)18/h1-2,5-6H,3-4,7-9H2,(H,15,16)(H,17,18). The van der Waals surface area contributed by atoms with E-state index in [1.165, 1.54) is 23.9 Å². The summed E-state index contributed by atoms with van der Waals surface area (Å²) in [5, 5.41) is 10.9. The first kappa shape index (κ1) is 15.5. The van der Waals surface area contributed by atoms with E-state index in [1.807, 2.05) is 0 Å². The van der Waals surface area contributed by atoms with Crippen LogP contribution in [0.5, 0.6) is 0 Å². The third-order valence-corrected chi connectivity index (χ3v) is 3.35. The predicted octanol–water partition coefficient (Wildman–Crippen LogP) is 2.75. The Balaban J connectivity index is 2.15. The Morgan fingerprint density at radius 1 is 1.26 bits per heavy atom. The number of carbonyl (C=O) groups is 2. The molecule has 0 heterocycles. The number of rotatable bonds is 8. The van der Waals surface area contributed by atoms with Crippen LogP contribution in [-0.2, 0) is 9.59 Å². The van der Waals surface area contributed by atoms with E-state index >= 15 is 0 Å². The van der Waals surface area contributed by atoms with Crippen molar-refractivity contribution in [3.05, 3.63) is 30.1 Å². The summed E-state index contributed by atoms with van der Waals surface area (Å²) in [6, 6.07) is 6.00. The summed E-state index contributed by atoms with van der Waals surface area (Å²) in [5.41, 5.74) is 0.180. The highest BCUT2D eigenvalue weighted by Crippen LogP contribution is 2.13. The highest BCUT2D eigenvalue weighted by atomic mass is 32.2. The van der Waals surface area contributed by atoms with Crippen LogP contribution in [0, 0.1) is 5.82 Å². The molecule has 6 heteroatoms. The molecule has 0 atom stereocenters. The number of unbranched alkanes of at least 4 members (excludes halogenated alkanes) is 1. The molecule has 1 rings (SSSR count). The van der Waals surface area contributed by atoms with E-state index in [9.17, 15) is 14.0 Å². The number of carboxylic acids is 1. The summed E-state index contributed by atoms with van der Waals surface area (Å²) < 4.78 is 13.2. The maximum Gasteiger partial charge on any atom is 0.303 e. The fourth-order valence-corrected chi connectivity index (χ4v) is 2.20. The normalized spacial score (nSPS) is 10.2. The molecule has 0 fully saturated rings. The number of nitrogens with one attached hydrogen (secondary N) is 1. The molecule has 0 radical (unpaired) electrons. The van der Waals surface area contributed by atoms with Crippen LogP contribution in [0.1, 0.15) is 19.3 Å². The minimum atomic E-state index is -0.803. The fraction of sp³-hybridized carbons (Fsp3) is 0.385. The summed E-state index contributed by atoms with van der Waals surface area (Å²) in [7, 11) is 0. The third kappa shape index (κ3) is 6.81. The Bertz CT molecular complexity index is 440. The summed E-state index contributed by atoms with van der Waals surface area (Å²) in [4.78, 5) is 21.8. The summed E-state index contributed by atoms with van der Waals surface area (Å²) in [5.74, 6) is -0.558. The molecular weight excluding hydrogens is 269 g/mol. The van der Waals surface area contributed by atoms with Crippen molar-refractivity contribution in [1.29, 1.82) is 0 Å². The number of thioether (sulfide) groups is 1. The number of para-hydroxylation sites is 1. The molecule has 0 aliphatic heterocycles. The topological polar surface area (TPSA) is 66.4 Å². The van der Waals surface area contributed by atoms with E-state index in [-0.39, 0.29) is 23.8 Å². The smallest absolute Gasteiger partial charge is 0.303 e. The molecule has 0 aliphatic carbocycles. The van der Waals surface area contributed by atoms with Gasteiger partial charge in [-0.15, -0.1) is 0 Å². The highest BCUT2D eigenvalue weighted by molar-refractivity contribution is 7.99. The first-order valence-corrected chi connectivity index (χ1v) is 7.09. The maximum absolute atomic E-state index is 13.2. The lowest BCUT2D eigenvalue weighted by Crippen LogP contribution is -2.15. The molecule has 1 aromatic rings. The summed E-state index contributed by atoms with van der Waals surface area (Å²) >= 11 is 1.41. The highest BCUT2D eigenvalue weighted by Gasteiger charge is 2.06. The fourth-order valence-electron chi connectivity index (χ4n) is 1.39. The van der Waals surface area contributed by atoms with Crippen LogP contribution in [0.25, 0.3) is 0 Å². The van der Waals surface area contributed by atoms with Crippen molar-refractivity contribution in [1.82, 2.24) is 0 Å². The van der Waals surface area contributed by atoms with Crippen molar-refractivity contribution in [2.24, 2.45) is 0 Å². The molecule has 1 amide bonds. The Morgan fingerprint density at radius 2 is 2.00 bits per heavy atom. The largest absolute Gasteiger partial charge is 0.481 e. The molecule has 1 aromatic carbocycles. The molecular formula is C13H16FNO3S. The second kappa shape index (κ2) is 8.53. The zero-order chi connectivity index (χ0) is 14.1. The molecule has 0 saturated heterocycles. The Morgan fingerprint density at radius 3 is 2.68 bits per heavy atom. The molecule has 104 valence electrons. The van der Waals surface area contributed by atoms with Gasteiger partial charge in [-0.3, -0.25) is 9.59 Å². The van der Waals surface area contributed by atoms with Gasteiger partial charge in [0.15, 0.2) is 0 Å². The van der Waals surface area contributed by atoms with Gasteiger partial charge in [0.1, 0.15) is 5.82 Å². The summed E-state index contributed by atoms with van der Waals surface area (Å²) in [6.45, 7) is 0. The number of carboxylic acid groups (broad SMARTS) is 1. The second-order valence-electron chi connectivity index (χ2n) is 3.93. The monoisotopic (exact) mass is 285 g/mol. The SMILES string of the molecule is O=C(O)CCCCSCC(=O)Nc1ccccc1F. The number of benzene rings is 1. The van der Waals surface area contributed by atoms with E-state index in [1.54, 1.807) is 12.1 Å². The average molecular weight is 285 g/mol. The van der Waals surface area contributed by atoms with Crippen molar-refractivity contribution in [3.63, 3.8) is 0 Å². The van der Waals surface area contributed by atoms with Crippen LogP contribution in [0.3, 0.4) is 0 Å². The molecule has 0 spiro atoms. The summed E-state index contributed by atoms with van der Waals surface area (Å²) in [6.07, 6.45) is 1.52. The van der Waals surface area contributed by atoms with Crippen molar-refractivity contribution in [2.45, 2.75) is 19.3 Å². The molecule has 0 aromatic heterocycles. The Kier molecular flexibility index (Phi) is 6.95. The maximum atomic E-state index is 13.2. The molecule has 4 nitrogen and oxygen atoms in total. The minimum Gasteiger partial charge on any atom is -0.481 e. The second-order valence-corrected chi connectivity index (χ2v) is 5.04. The number of amides is 1. The van der Waals surface area contributed by atoms with Gasteiger partial charge in [-0.1, -0.05) is 12.1 Å². The quantitative estimate of drug-likeness (QED) is 0.721. The van der Waals surface area contributed by atoms with E-state index < -0.39 is 11.8 Å². The Hall–Kier alpha value is -1.56.